The lowest BCUT2D eigenvalue weighted by atomic mass is 9.87. The second-order valence-electron chi connectivity index (χ2n) is 11.3. The third kappa shape index (κ3) is 8.71. The Bertz CT molecular complexity index is 1300. The van der Waals surface area contributed by atoms with Gasteiger partial charge in [-0.3, -0.25) is 4.79 Å². The van der Waals surface area contributed by atoms with E-state index >= 15 is 0 Å². The zero-order valence-corrected chi connectivity index (χ0v) is 23.8. The first-order valence-corrected chi connectivity index (χ1v) is 14.4. The number of ether oxygens (including phenoxy) is 1. The number of unbranched alkanes of at least 4 members (excludes halogenated alkanes) is 3. The van der Waals surface area contributed by atoms with Gasteiger partial charge in [0.05, 0.1) is 24.1 Å². The number of hydrogen-bond donors (Lipinski definition) is 1. The molecule has 0 atom stereocenters. The van der Waals surface area contributed by atoms with E-state index in [0.717, 1.165) is 74.3 Å². The monoisotopic (exact) mass is 525 g/mol. The number of aryl methyl sites for hydroxylation is 2. The Morgan fingerprint density at radius 3 is 2.36 bits per heavy atom. The van der Waals surface area contributed by atoms with Crippen LogP contribution in [-0.4, -0.2) is 28.6 Å². The molecule has 1 N–H and O–H groups in total. The van der Waals surface area contributed by atoms with Crippen LogP contribution in [0.2, 0.25) is 0 Å². The molecule has 0 saturated heterocycles. The summed E-state index contributed by atoms with van der Waals surface area (Å²) in [4.78, 5) is 17.1. The van der Waals surface area contributed by atoms with Crippen molar-refractivity contribution in [1.29, 1.82) is 0 Å². The van der Waals surface area contributed by atoms with Gasteiger partial charge in [0.15, 0.2) is 0 Å². The number of carbonyl (C=O) groups is 1. The van der Waals surface area contributed by atoms with Gasteiger partial charge in [0.25, 0.3) is 0 Å². The molecule has 0 spiro atoms. The highest BCUT2D eigenvalue weighted by Crippen LogP contribution is 2.24. The van der Waals surface area contributed by atoms with E-state index in [0.29, 0.717) is 13.0 Å². The fourth-order valence-corrected chi connectivity index (χ4v) is 4.84. The van der Waals surface area contributed by atoms with Gasteiger partial charge in [0.1, 0.15) is 11.6 Å². The Labute approximate surface area is 233 Å². The van der Waals surface area contributed by atoms with Crippen LogP contribution in [0.25, 0.3) is 11.0 Å². The Balaban J connectivity index is 1.19. The van der Waals surface area contributed by atoms with E-state index in [1.54, 1.807) is 0 Å². The van der Waals surface area contributed by atoms with Gasteiger partial charge in [0.2, 0.25) is 5.91 Å². The summed E-state index contributed by atoms with van der Waals surface area (Å²) in [6, 6.07) is 26.8. The summed E-state index contributed by atoms with van der Waals surface area (Å²) in [5.74, 6) is 2.19. The van der Waals surface area contributed by atoms with E-state index in [2.05, 4.69) is 79.2 Å². The quantitative estimate of drug-likeness (QED) is 0.176. The molecule has 0 aliphatic heterocycles. The molecule has 0 bridgehead atoms. The Hall–Kier alpha value is -3.60. The second-order valence-corrected chi connectivity index (χ2v) is 11.3. The van der Waals surface area contributed by atoms with E-state index in [1.165, 1.54) is 11.1 Å². The SMILES string of the molecule is CC(C)(C)c1ccc(OCCCCn2c(CCCCCNC(=O)Cc3ccccc3)nc3ccccc32)cc1. The van der Waals surface area contributed by atoms with Gasteiger partial charge >= 0.3 is 0 Å². The zero-order chi connectivity index (χ0) is 27.5. The number of rotatable bonds is 14. The third-order valence-corrected chi connectivity index (χ3v) is 7.11. The van der Waals surface area contributed by atoms with Gasteiger partial charge in [-0.05, 0) is 66.5 Å². The van der Waals surface area contributed by atoms with Gasteiger partial charge in [0, 0.05) is 19.5 Å². The summed E-state index contributed by atoms with van der Waals surface area (Å²) < 4.78 is 8.39. The maximum absolute atomic E-state index is 12.2. The van der Waals surface area contributed by atoms with Crippen LogP contribution in [0.15, 0.2) is 78.9 Å². The number of fused-ring (bicyclic) bond motifs is 1. The van der Waals surface area contributed by atoms with Crippen LogP contribution in [-0.2, 0) is 29.6 Å². The molecular weight excluding hydrogens is 482 g/mol. The van der Waals surface area contributed by atoms with Gasteiger partial charge in [-0.1, -0.05) is 81.8 Å². The number of hydrogen-bond acceptors (Lipinski definition) is 3. The normalized spacial score (nSPS) is 11.6. The van der Waals surface area contributed by atoms with Crippen LogP contribution in [0.1, 0.15) is 69.8 Å². The first kappa shape index (κ1) is 28.4. The van der Waals surface area contributed by atoms with Crippen molar-refractivity contribution in [3.8, 4) is 5.75 Å². The number of amides is 1. The number of aromatic nitrogens is 2. The van der Waals surface area contributed by atoms with E-state index < -0.39 is 0 Å². The molecule has 0 fully saturated rings. The molecule has 0 unspecified atom stereocenters. The largest absolute Gasteiger partial charge is 0.494 e. The van der Waals surface area contributed by atoms with Gasteiger partial charge in [-0.2, -0.15) is 0 Å². The summed E-state index contributed by atoms with van der Waals surface area (Å²) in [6.07, 6.45) is 6.54. The molecule has 1 aromatic heterocycles. The summed E-state index contributed by atoms with van der Waals surface area (Å²) in [5, 5.41) is 3.05. The van der Waals surface area contributed by atoms with Crippen molar-refractivity contribution in [3.63, 3.8) is 0 Å². The first-order chi connectivity index (χ1) is 18.9. The highest BCUT2D eigenvalue weighted by molar-refractivity contribution is 5.78. The summed E-state index contributed by atoms with van der Waals surface area (Å²) >= 11 is 0. The maximum atomic E-state index is 12.2. The number of nitrogens with one attached hydrogen (secondary N) is 1. The highest BCUT2D eigenvalue weighted by Gasteiger charge is 2.13. The smallest absolute Gasteiger partial charge is 0.224 e. The van der Waals surface area contributed by atoms with Crippen LogP contribution in [0.3, 0.4) is 0 Å². The standard InChI is InChI=1S/C34H43N3O2/c1-34(2,3)28-19-21-29(22-20-28)39-25-13-12-24-37-31-17-10-9-16-30(31)36-32(37)18-8-5-11-23-35-33(38)26-27-14-6-4-7-15-27/h4,6-7,9-10,14-17,19-22H,5,8,11-13,18,23-26H2,1-3H3,(H,35,38). The molecule has 5 heteroatoms. The van der Waals surface area contributed by atoms with Gasteiger partial charge in [-0.15, -0.1) is 0 Å². The first-order valence-electron chi connectivity index (χ1n) is 14.4. The Morgan fingerprint density at radius 2 is 1.59 bits per heavy atom. The fraction of sp³-hybridized carbons (Fsp3) is 0.412. The minimum atomic E-state index is 0.0916. The van der Waals surface area contributed by atoms with Gasteiger partial charge in [-0.25, -0.2) is 4.98 Å². The molecule has 0 radical (unpaired) electrons. The Kier molecular flexibility index (Phi) is 10.2. The molecule has 0 aliphatic rings. The average molecular weight is 526 g/mol. The Morgan fingerprint density at radius 1 is 0.846 bits per heavy atom. The zero-order valence-electron chi connectivity index (χ0n) is 23.8. The number of nitrogens with zero attached hydrogens (tertiary/aromatic N) is 2. The fourth-order valence-electron chi connectivity index (χ4n) is 4.84. The molecule has 4 aromatic rings. The maximum Gasteiger partial charge on any atom is 0.224 e. The minimum Gasteiger partial charge on any atom is -0.494 e. The summed E-state index contributed by atoms with van der Waals surface area (Å²) in [7, 11) is 0. The topological polar surface area (TPSA) is 56.1 Å². The minimum absolute atomic E-state index is 0.0916. The molecule has 4 rings (SSSR count). The van der Waals surface area contributed by atoms with Crippen molar-refractivity contribution in [2.75, 3.05) is 13.2 Å². The van der Waals surface area contributed by atoms with E-state index in [1.807, 2.05) is 30.3 Å². The van der Waals surface area contributed by atoms with Crippen LogP contribution < -0.4 is 10.1 Å². The van der Waals surface area contributed by atoms with E-state index in [-0.39, 0.29) is 11.3 Å². The van der Waals surface area contributed by atoms with Crippen molar-refractivity contribution in [1.82, 2.24) is 14.9 Å². The number of imidazole rings is 1. The lowest BCUT2D eigenvalue weighted by Gasteiger charge is -2.19. The predicted molar refractivity (Wildman–Crippen MR) is 160 cm³/mol. The molecule has 0 saturated carbocycles. The number of benzene rings is 3. The van der Waals surface area contributed by atoms with E-state index in [9.17, 15) is 4.79 Å². The van der Waals surface area contributed by atoms with Crippen LogP contribution in [0, 0.1) is 0 Å². The van der Waals surface area contributed by atoms with Crippen LogP contribution in [0.5, 0.6) is 5.75 Å². The third-order valence-electron chi connectivity index (χ3n) is 7.11. The highest BCUT2D eigenvalue weighted by atomic mass is 16.5. The van der Waals surface area contributed by atoms with E-state index in [4.69, 9.17) is 9.72 Å². The van der Waals surface area contributed by atoms with Crippen LogP contribution in [0.4, 0.5) is 0 Å². The van der Waals surface area contributed by atoms with Crippen molar-refractivity contribution in [2.24, 2.45) is 0 Å². The molecule has 1 heterocycles. The predicted octanol–water partition coefficient (Wildman–Crippen LogP) is 7.26. The summed E-state index contributed by atoms with van der Waals surface area (Å²) in [6.45, 7) is 9.06. The van der Waals surface area contributed by atoms with Crippen molar-refractivity contribution in [3.05, 3.63) is 95.8 Å². The molecule has 1 amide bonds. The second kappa shape index (κ2) is 14.0. The average Bonchev–Trinajstić information content (AvgIpc) is 3.28. The molecule has 0 aliphatic carbocycles. The molecule has 206 valence electrons. The van der Waals surface area contributed by atoms with Crippen molar-refractivity contribution in [2.45, 2.75) is 77.7 Å². The molecule has 5 nitrogen and oxygen atoms in total. The van der Waals surface area contributed by atoms with Crippen LogP contribution >= 0.6 is 0 Å². The lowest BCUT2D eigenvalue weighted by molar-refractivity contribution is -0.120. The molecule has 39 heavy (non-hydrogen) atoms. The number of carbonyl (C=O) groups excluding carboxylic acids is 1. The van der Waals surface area contributed by atoms with Crippen molar-refractivity contribution < 1.29 is 9.53 Å². The lowest BCUT2D eigenvalue weighted by Crippen LogP contribution is -2.26. The van der Waals surface area contributed by atoms with Gasteiger partial charge < -0.3 is 14.6 Å². The molecular formula is C34H43N3O2. The number of para-hydroxylation sites is 2. The molecule has 3 aromatic carbocycles. The van der Waals surface area contributed by atoms with Crippen molar-refractivity contribution >= 4 is 16.9 Å². The summed E-state index contributed by atoms with van der Waals surface area (Å²) in [5.41, 5.74) is 4.80.